The summed E-state index contributed by atoms with van der Waals surface area (Å²) in [4.78, 5) is 0. The van der Waals surface area contributed by atoms with Crippen LogP contribution >= 0.6 is 0 Å². The smallest absolute Gasteiger partial charge is 0.154 e. The molecule has 0 spiro atoms. The van der Waals surface area contributed by atoms with Crippen molar-refractivity contribution in [3.63, 3.8) is 0 Å². The number of ether oxygens (including phenoxy) is 1. The lowest BCUT2D eigenvalue weighted by Crippen LogP contribution is -1.94. The topological polar surface area (TPSA) is 33.1 Å². The van der Waals surface area contributed by atoms with E-state index in [0.717, 1.165) is 0 Å². The molecule has 3 radical (unpaired) electrons. The van der Waals surface area contributed by atoms with Crippen molar-refractivity contribution in [1.82, 2.24) is 0 Å². The Morgan fingerprint density at radius 3 is 2.20 bits per heavy atom. The van der Waals surface area contributed by atoms with Gasteiger partial charge in [0.25, 0.3) is 0 Å². The number of rotatable bonds is 0. The van der Waals surface area contributed by atoms with Gasteiger partial charge in [-0.2, -0.15) is 0 Å². The Bertz CT molecular complexity index is 44.9. The minimum Gasteiger partial charge on any atom is -0.490 e. The highest BCUT2D eigenvalue weighted by Crippen LogP contribution is 1.55. The van der Waals surface area contributed by atoms with Crippen LogP contribution in [0.4, 0.5) is 0 Å². The van der Waals surface area contributed by atoms with E-state index in [4.69, 9.17) is 5.41 Å². The molecule has 0 aromatic heterocycles. The minimum absolute atomic E-state index is 0.0602. The van der Waals surface area contributed by atoms with E-state index in [-0.39, 0.29) is 5.52 Å². The second-order valence-corrected chi connectivity index (χ2v) is 0.987. The van der Waals surface area contributed by atoms with Crippen LogP contribution < -0.4 is 0 Å². The molecule has 0 atom stereocenters. The molecule has 0 fully saturated rings. The fraction of sp³-hybridized carbons (Fsp3) is 0.500. The zero-order chi connectivity index (χ0) is 4.28. The monoisotopic (exact) mass is 86.0 g/mol. The standard InChI is InChI=1S/C2H4NOSi/c1-4-2(3)5/h3H,1H3. The van der Waals surface area contributed by atoms with Gasteiger partial charge in [-0.15, -0.1) is 0 Å². The molecule has 0 saturated carbocycles. The van der Waals surface area contributed by atoms with Crippen molar-refractivity contribution in [3.8, 4) is 0 Å². The number of hydrogen-bond donors (Lipinski definition) is 1. The van der Waals surface area contributed by atoms with Gasteiger partial charge in [-0.3, -0.25) is 5.41 Å². The zero-order valence-electron chi connectivity index (χ0n) is 2.91. The number of methoxy groups -OCH3 is 1. The molecular weight excluding hydrogens is 82.1 g/mol. The maximum absolute atomic E-state index is 6.43. The fourth-order valence-corrected chi connectivity index (χ4v) is 0. The average molecular weight is 86.1 g/mol. The predicted octanol–water partition coefficient (Wildman–Crippen LogP) is -0.264. The first-order valence-electron chi connectivity index (χ1n) is 1.11. The Morgan fingerprint density at radius 2 is 2.20 bits per heavy atom. The van der Waals surface area contributed by atoms with Crippen LogP contribution in [0.3, 0.4) is 0 Å². The van der Waals surface area contributed by atoms with Crippen LogP contribution in [-0.4, -0.2) is 22.9 Å². The van der Waals surface area contributed by atoms with Crippen LogP contribution in [0.15, 0.2) is 0 Å². The molecule has 3 heteroatoms. The Balaban J connectivity index is 2.85. The van der Waals surface area contributed by atoms with Gasteiger partial charge in [0.2, 0.25) is 0 Å². The van der Waals surface area contributed by atoms with Crippen molar-refractivity contribution in [2.24, 2.45) is 0 Å². The summed E-state index contributed by atoms with van der Waals surface area (Å²) in [5.74, 6) is 0. The second-order valence-electron chi connectivity index (χ2n) is 0.533. The van der Waals surface area contributed by atoms with Gasteiger partial charge in [0.1, 0.15) is 5.52 Å². The van der Waals surface area contributed by atoms with Gasteiger partial charge in [0.15, 0.2) is 10.2 Å². The molecule has 0 amide bonds. The summed E-state index contributed by atoms with van der Waals surface area (Å²) >= 11 is 0. The van der Waals surface area contributed by atoms with Crippen LogP contribution in [-0.2, 0) is 4.74 Å². The van der Waals surface area contributed by atoms with Crippen molar-refractivity contribution in [3.05, 3.63) is 0 Å². The van der Waals surface area contributed by atoms with Gasteiger partial charge in [-0.25, -0.2) is 0 Å². The lowest BCUT2D eigenvalue weighted by molar-refractivity contribution is 0.411. The van der Waals surface area contributed by atoms with Crippen molar-refractivity contribution in [1.29, 1.82) is 5.41 Å². The normalized spacial score (nSPS) is 6.80. The van der Waals surface area contributed by atoms with E-state index in [1.54, 1.807) is 0 Å². The average Bonchev–Trinajstić information content (AvgIpc) is 1.38. The van der Waals surface area contributed by atoms with E-state index in [9.17, 15) is 0 Å². The molecule has 0 heterocycles. The van der Waals surface area contributed by atoms with Gasteiger partial charge < -0.3 is 4.74 Å². The number of nitrogens with one attached hydrogen (secondary N) is 1. The van der Waals surface area contributed by atoms with E-state index in [1.807, 2.05) is 0 Å². The lowest BCUT2D eigenvalue weighted by atomic mass is 11.4. The Labute approximate surface area is 34.1 Å². The van der Waals surface area contributed by atoms with Crippen LogP contribution in [0.25, 0.3) is 0 Å². The zero-order valence-corrected chi connectivity index (χ0v) is 3.91. The van der Waals surface area contributed by atoms with Gasteiger partial charge in [-0.05, 0) is 0 Å². The van der Waals surface area contributed by atoms with Crippen LogP contribution in [0.2, 0.25) is 0 Å². The molecule has 0 unspecified atom stereocenters. The van der Waals surface area contributed by atoms with Gasteiger partial charge in [0.05, 0.1) is 7.11 Å². The highest BCUT2D eigenvalue weighted by Gasteiger charge is 1.69. The molecule has 2 nitrogen and oxygen atoms in total. The SMILES string of the molecule is COC(=N)[Si]. The maximum Gasteiger partial charge on any atom is 0.154 e. The summed E-state index contributed by atoms with van der Waals surface area (Å²) < 4.78 is 4.25. The van der Waals surface area contributed by atoms with Crippen molar-refractivity contribution >= 4 is 15.8 Å². The molecule has 1 N–H and O–H groups in total. The largest absolute Gasteiger partial charge is 0.490 e. The summed E-state index contributed by atoms with van der Waals surface area (Å²) in [5.41, 5.74) is 0.0602. The van der Waals surface area contributed by atoms with E-state index >= 15 is 0 Å². The lowest BCUT2D eigenvalue weighted by Gasteiger charge is -1.85. The van der Waals surface area contributed by atoms with Crippen molar-refractivity contribution in [2.45, 2.75) is 0 Å². The molecule has 5 heavy (non-hydrogen) atoms. The molecule has 0 rings (SSSR count). The van der Waals surface area contributed by atoms with Crippen molar-refractivity contribution < 1.29 is 4.74 Å². The maximum atomic E-state index is 6.43. The first-order chi connectivity index (χ1) is 2.27. The molecular formula is C2H4NOSi. The molecule has 0 aliphatic carbocycles. The molecule has 0 bridgehead atoms. The van der Waals surface area contributed by atoms with Gasteiger partial charge >= 0.3 is 0 Å². The van der Waals surface area contributed by atoms with E-state index in [1.165, 1.54) is 7.11 Å². The predicted molar refractivity (Wildman–Crippen MR) is 20.5 cm³/mol. The molecule has 0 aromatic rings. The summed E-state index contributed by atoms with van der Waals surface area (Å²) in [6.45, 7) is 0. The highest BCUT2D eigenvalue weighted by molar-refractivity contribution is 6.55. The van der Waals surface area contributed by atoms with Gasteiger partial charge in [0, 0.05) is 0 Å². The Morgan fingerprint density at radius 1 is 2.00 bits per heavy atom. The molecule has 0 aromatic carbocycles. The summed E-state index contributed by atoms with van der Waals surface area (Å²) in [5, 5.41) is 6.43. The minimum atomic E-state index is 0.0602. The van der Waals surface area contributed by atoms with Crippen LogP contribution in [0, 0.1) is 5.41 Å². The summed E-state index contributed by atoms with van der Waals surface area (Å²) in [6.07, 6.45) is 0. The molecule has 0 saturated heterocycles. The first kappa shape index (κ1) is 4.69. The third kappa shape index (κ3) is 3.69. The quantitative estimate of drug-likeness (QED) is 0.246. The summed E-state index contributed by atoms with van der Waals surface area (Å²) in [7, 11) is 4.20. The third-order valence-electron chi connectivity index (χ3n) is 0.204. The van der Waals surface area contributed by atoms with Crippen LogP contribution in [0.5, 0.6) is 0 Å². The fourth-order valence-electron chi connectivity index (χ4n) is 0. The third-order valence-corrected chi connectivity index (χ3v) is 0.408. The van der Waals surface area contributed by atoms with E-state index in [2.05, 4.69) is 15.0 Å². The van der Waals surface area contributed by atoms with E-state index < -0.39 is 0 Å². The second kappa shape index (κ2) is 1.96. The molecule has 27 valence electrons. The van der Waals surface area contributed by atoms with Gasteiger partial charge in [-0.1, -0.05) is 0 Å². The van der Waals surface area contributed by atoms with E-state index in [0.29, 0.717) is 0 Å². The molecule has 0 aliphatic rings. The first-order valence-corrected chi connectivity index (χ1v) is 1.61. The number of hydrogen-bond acceptors (Lipinski definition) is 2. The molecule has 0 aliphatic heterocycles. The van der Waals surface area contributed by atoms with Crippen molar-refractivity contribution in [2.75, 3.05) is 7.11 Å². The summed E-state index contributed by atoms with van der Waals surface area (Å²) in [6, 6.07) is 0. The Kier molecular flexibility index (Phi) is 1.84. The highest BCUT2D eigenvalue weighted by atomic mass is 28.1. The Hall–Kier alpha value is -0.313. The van der Waals surface area contributed by atoms with Crippen LogP contribution in [0.1, 0.15) is 0 Å².